The molecular formula is C13H16ClNO. The van der Waals surface area contributed by atoms with Crippen LogP contribution in [0.4, 0.5) is 5.69 Å². The Balaban J connectivity index is 2.18. The Morgan fingerprint density at radius 1 is 1.50 bits per heavy atom. The lowest BCUT2D eigenvalue weighted by molar-refractivity contribution is -0.118. The maximum absolute atomic E-state index is 12.0. The largest absolute Gasteiger partial charge is 0.309 e. The number of anilines is 1. The molecular weight excluding hydrogens is 222 g/mol. The van der Waals surface area contributed by atoms with Gasteiger partial charge in [0.25, 0.3) is 0 Å². The van der Waals surface area contributed by atoms with E-state index >= 15 is 0 Å². The van der Waals surface area contributed by atoms with Crippen molar-refractivity contribution in [2.75, 3.05) is 10.8 Å². The number of hydrogen-bond donors (Lipinski definition) is 0. The van der Waals surface area contributed by atoms with Crippen LogP contribution in [0.5, 0.6) is 0 Å². The van der Waals surface area contributed by atoms with E-state index in [1.165, 1.54) is 5.56 Å². The van der Waals surface area contributed by atoms with E-state index in [1.54, 1.807) is 0 Å². The minimum atomic E-state index is 0.193. The SMILES string of the molecule is CC1Cc2ccccc2N1C(=O)CCCCl. The van der Waals surface area contributed by atoms with Gasteiger partial charge in [-0.15, -0.1) is 11.6 Å². The van der Waals surface area contributed by atoms with Crippen LogP contribution in [0.3, 0.4) is 0 Å². The van der Waals surface area contributed by atoms with Gasteiger partial charge in [-0.05, 0) is 31.4 Å². The van der Waals surface area contributed by atoms with Crippen molar-refractivity contribution in [3.63, 3.8) is 0 Å². The second-order valence-corrected chi connectivity index (χ2v) is 4.62. The third-order valence-electron chi connectivity index (χ3n) is 3.00. The molecule has 3 heteroatoms. The Morgan fingerprint density at radius 3 is 3.00 bits per heavy atom. The van der Waals surface area contributed by atoms with Crippen LogP contribution in [0.2, 0.25) is 0 Å². The maximum atomic E-state index is 12.0. The number of fused-ring (bicyclic) bond motifs is 1. The summed E-state index contributed by atoms with van der Waals surface area (Å²) in [5.41, 5.74) is 2.35. The molecule has 0 saturated carbocycles. The Kier molecular flexibility index (Phi) is 3.49. The number of nitrogens with zero attached hydrogens (tertiary/aromatic N) is 1. The molecule has 86 valence electrons. The lowest BCUT2D eigenvalue weighted by atomic mass is 10.1. The third-order valence-corrected chi connectivity index (χ3v) is 3.27. The molecule has 1 unspecified atom stereocenters. The summed E-state index contributed by atoms with van der Waals surface area (Å²) in [6.07, 6.45) is 2.26. The van der Waals surface area contributed by atoms with Gasteiger partial charge in [0.05, 0.1) is 0 Å². The molecule has 1 heterocycles. The second-order valence-electron chi connectivity index (χ2n) is 4.24. The van der Waals surface area contributed by atoms with Crippen molar-refractivity contribution in [3.8, 4) is 0 Å². The van der Waals surface area contributed by atoms with Gasteiger partial charge >= 0.3 is 0 Å². The van der Waals surface area contributed by atoms with Crippen LogP contribution in [0.15, 0.2) is 24.3 Å². The zero-order chi connectivity index (χ0) is 11.5. The van der Waals surface area contributed by atoms with Gasteiger partial charge < -0.3 is 4.90 Å². The summed E-state index contributed by atoms with van der Waals surface area (Å²) in [7, 11) is 0. The Bertz CT molecular complexity index is 391. The molecule has 0 bridgehead atoms. The van der Waals surface area contributed by atoms with Gasteiger partial charge in [0.2, 0.25) is 5.91 Å². The van der Waals surface area contributed by atoms with E-state index in [-0.39, 0.29) is 11.9 Å². The molecule has 1 aromatic rings. The Labute approximate surface area is 101 Å². The highest BCUT2D eigenvalue weighted by Gasteiger charge is 2.29. The topological polar surface area (TPSA) is 20.3 Å². The quantitative estimate of drug-likeness (QED) is 0.741. The molecule has 1 amide bonds. The average molecular weight is 238 g/mol. The van der Waals surface area contributed by atoms with Crippen LogP contribution in [-0.2, 0) is 11.2 Å². The lowest BCUT2D eigenvalue weighted by Gasteiger charge is -2.22. The minimum Gasteiger partial charge on any atom is -0.309 e. The number of carbonyl (C=O) groups is 1. The zero-order valence-corrected chi connectivity index (χ0v) is 10.2. The van der Waals surface area contributed by atoms with E-state index in [4.69, 9.17) is 11.6 Å². The summed E-state index contributed by atoms with van der Waals surface area (Å²) in [5, 5.41) is 0. The summed E-state index contributed by atoms with van der Waals surface area (Å²) in [4.78, 5) is 14.0. The number of rotatable bonds is 3. The van der Waals surface area contributed by atoms with E-state index in [2.05, 4.69) is 13.0 Å². The smallest absolute Gasteiger partial charge is 0.227 e. The van der Waals surface area contributed by atoms with Crippen molar-refractivity contribution in [2.45, 2.75) is 32.2 Å². The summed E-state index contributed by atoms with van der Waals surface area (Å²) in [6.45, 7) is 2.10. The number of benzene rings is 1. The van der Waals surface area contributed by atoms with Gasteiger partial charge in [-0.25, -0.2) is 0 Å². The fourth-order valence-electron chi connectivity index (χ4n) is 2.28. The molecule has 2 rings (SSSR count). The van der Waals surface area contributed by atoms with Gasteiger partial charge in [0.1, 0.15) is 0 Å². The van der Waals surface area contributed by atoms with E-state index in [1.807, 2.05) is 23.1 Å². The molecule has 1 aromatic carbocycles. The van der Waals surface area contributed by atoms with Crippen LogP contribution < -0.4 is 4.90 Å². The van der Waals surface area contributed by atoms with Crippen molar-refractivity contribution in [3.05, 3.63) is 29.8 Å². The fraction of sp³-hybridized carbons (Fsp3) is 0.462. The van der Waals surface area contributed by atoms with Crippen LogP contribution in [-0.4, -0.2) is 17.8 Å². The number of para-hydroxylation sites is 1. The normalized spacial score (nSPS) is 18.6. The number of hydrogen-bond acceptors (Lipinski definition) is 1. The highest BCUT2D eigenvalue weighted by atomic mass is 35.5. The highest BCUT2D eigenvalue weighted by molar-refractivity contribution is 6.18. The summed E-state index contributed by atoms with van der Waals surface area (Å²) in [5.74, 6) is 0.744. The molecule has 1 atom stereocenters. The molecule has 0 saturated heterocycles. The standard InChI is InChI=1S/C13H16ClNO/c1-10-9-11-5-2-3-6-12(11)15(10)13(16)7-4-8-14/h2-3,5-6,10H,4,7-9H2,1H3. The average Bonchev–Trinajstić information content (AvgIpc) is 2.62. The highest BCUT2D eigenvalue weighted by Crippen LogP contribution is 2.32. The number of alkyl halides is 1. The molecule has 0 spiro atoms. The molecule has 0 aliphatic carbocycles. The fourth-order valence-corrected chi connectivity index (χ4v) is 2.42. The first kappa shape index (κ1) is 11.5. The van der Waals surface area contributed by atoms with Crippen LogP contribution in [0.25, 0.3) is 0 Å². The Morgan fingerprint density at radius 2 is 2.25 bits per heavy atom. The molecule has 0 fully saturated rings. The first-order valence-electron chi connectivity index (χ1n) is 5.70. The Hall–Kier alpha value is -1.02. The van der Waals surface area contributed by atoms with E-state index < -0.39 is 0 Å². The third kappa shape index (κ3) is 2.07. The maximum Gasteiger partial charge on any atom is 0.227 e. The summed E-state index contributed by atoms with van der Waals surface area (Å²) in [6, 6.07) is 8.41. The number of carbonyl (C=O) groups excluding carboxylic acids is 1. The van der Waals surface area contributed by atoms with Gasteiger partial charge in [0, 0.05) is 24.0 Å². The van der Waals surface area contributed by atoms with Crippen molar-refractivity contribution in [1.29, 1.82) is 0 Å². The van der Waals surface area contributed by atoms with E-state index in [0.717, 1.165) is 18.5 Å². The molecule has 16 heavy (non-hydrogen) atoms. The van der Waals surface area contributed by atoms with Crippen LogP contribution in [0, 0.1) is 0 Å². The zero-order valence-electron chi connectivity index (χ0n) is 9.45. The molecule has 2 nitrogen and oxygen atoms in total. The molecule has 0 N–H and O–H groups in total. The summed E-state index contributed by atoms with van der Waals surface area (Å²) >= 11 is 5.62. The monoisotopic (exact) mass is 237 g/mol. The first-order chi connectivity index (χ1) is 7.74. The van der Waals surface area contributed by atoms with Gasteiger partial charge in [-0.1, -0.05) is 18.2 Å². The van der Waals surface area contributed by atoms with Crippen molar-refractivity contribution in [1.82, 2.24) is 0 Å². The van der Waals surface area contributed by atoms with Crippen LogP contribution >= 0.6 is 11.6 Å². The molecule has 0 radical (unpaired) electrons. The van der Waals surface area contributed by atoms with E-state index in [0.29, 0.717) is 12.3 Å². The van der Waals surface area contributed by atoms with Gasteiger partial charge in [-0.2, -0.15) is 0 Å². The predicted molar refractivity (Wildman–Crippen MR) is 67.0 cm³/mol. The number of amides is 1. The van der Waals surface area contributed by atoms with Crippen molar-refractivity contribution in [2.24, 2.45) is 0 Å². The van der Waals surface area contributed by atoms with Gasteiger partial charge in [0.15, 0.2) is 0 Å². The summed E-state index contributed by atoms with van der Waals surface area (Å²) < 4.78 is 0. The van der Waals surface area contributed by atoms with Crippen molar-refractivity contribution >= 4 is 23.2 Å². The molecule has 1 aliphatic rings. The van der Waals surface area contributed by atoms with Gasteiger partial charge in [-0.3, -0.25) is 4.79 Å². The predicted octanol–water partition coefficient (Wildman–Crippen LogP) is 2.98. The van der Waals surface area contributed by atoms with Crippen LogP contribution in [0.1, 0.15) is 25.3 Å². The molecule has 0 aromatic heterocycles. The lowest BCUT2D eigenvalue weighted by Crippen LogP contribution is -2.35. The second kappa shape index (κ2) is 4.88. The minimum absolute atomic E-state index is 0.193. The number of halogens is 1. The first-order valence-corrected chi connectivity index (χ1v) is 6.23. The van der Waals surface area contributed by atoms with Crippen molar-refractivity contribution < 1.29 is 4.79 Å². The molecule has 1 aliphatic heterocycles. The van der Waals surface area contributed by atoms with E-state index in [9.17, 15) is 4.79 Å².